The van der Waals surface area contributed by atoms with Crippen molar-refractivity contribution < 1.29 is 4.79 Å². The van der Waals surface area contributed by atoms with E-state index in [1.165, 1.54) is 0 Å². The van der Waals surface area contributed by atoms with Gasteiger partial charge in [0.05, 0.1) is 0 Å². The van der Waals surface area contributed by atoms with Crippen LogP contribution in [0.15, 0.2) is 24.3 Å². The zero-order valence-corrected chi connectivity index (χ0v) is 7.45. The first-order valence-electron chi connectivity index (χ1n) is 4.04. The summed E-state index contributed by atoms with van der Waals surface area (Å²) >= 11 is 0. The molecule has 0 amide bonds. The molecule has 0 unspecified atom stereocenters. The number of anilines is 1. The standard InChI is InChI=1S/C10H13NO/c1-3-11(2)10-6-4-9(8-12)5-7-10/h4-8H,3H2,1-2H3. The van der Waals surface area contributed by atoms with E-state index in [1.54, 1.807) is 0 Å². The van der Waals surface area contributed by atoms with Gasteiger partial charge in [-0.3, -0.25) is 4.79 Å². The normalized spacial score (nSPS) is 9.50. The summed E-state index contributed by atoms with van der Waals surface area (Å²) < 4.78 is 0. The Labute approximate surface area is 72.8 Å². The predicted octanol–water partition coefficient (Wildman–Crippen LogP) is 1.96. The Balaban J connectivity index is 2.84. The van der Waals surface area contributed by atoms with Crippen molar-refractivity contribution in [3.05, 3.63) is 29.8 Å². The lowest BCUT2D eigenvalue weighted by molar-refractivity contribution is 0.112. The minimum atomic E-state index is 0.725. The summed E-state index contributed by atoms with van der Waals surface area (Å²) in [4.78, 5) is 12.5. The van der Waals surface area contributed by atoms with E-state index >= 15 is 0 Å². The molecule has 12 heavy (non-hydrogen) atoms. The Morgan fingerprint density at radius 3 is 2.33 bits per heavy atom. The molecule has 0 aliphatic carbocycles. The maximum absolute atomic E-state index is 10.3. The first-order chi connectivity index (χ1) is 5.77. The van der Waals surface area contributed by atoms with Gasteiger partial charge in [0, 0.05) is 24.8 Å². The molecule has 0 spiro atoms. The summed E-state index contributed by atoms with van der Waals surface area (Å²) in [6, 6.07) is 7.56. The van der Waals surface area contributed by atoms with Crippen molar-refractivity contribution in [1.29, 1.82) is 0 Å². The Hall–Kier alpha value is -1.31. The lowest BCUT2D eigenvalue weighted by Gasteiger charge is -2.16. The highest BCUT2D eigenvalue weighted by Crippen LogP contribution is 2.11. The zero-order valence-electron chi connectivity index (χ0n) is 7.45. The van der Waals surface area contributed by atoms with E-state index in [4.69, 9.17) is 0 Å². The Morgan fingerprint density at radius 1 is 1.33 bits per heavy atom. The van der Waals surface area contributed by atoms with Gasteiger partial charge in [0.15, 0.2) is 0 Å². The van der Waals surface area contributed by atoms with Crippen LogP contribution in [-0.2, 0) is 0 Å². The molecule has 64 valence electrons. The van der Waals surface area contributed by atoms with Crippen LogP contribution in [0.25, 0.3) is 0 Å². The maximum Gasteiger partial charge on any atom is 0.150 e. The third-order valence-corrected chi connectivity index (χ3v) is 1.94. The average molecular weight is 163 g/mol. The summed E-state index contributed by atoms with van der Waals surface area (Å²) in [5.74, 6) is 0. The van der Waals surface area contributed by atoms with Crippen LogP contribution in [0.5, 0.6) is 0 Å². The smallest absolute Gasteiger partial charge is 0.150 e. The average Bonchev–Trinajstić information content (AvgIpc) is 2.17. The molecule has 0 aliphatic heterocycles. The lowest BCUT2D eigenvalue weighted by Crippen LogP contribution is -2.15. The van der Waals surface area contributed by atoms with E-state index < -0.39 is 0 Å². The molecule has 0 heterocycles. The molecule has 0 fully saturated rings. The lowest BCUT2D eigenvalue weighted by atomic mass is 10.2. The largest absolute Gasteiger partial charge is 0.375 e. The van der Waals surface area contributed by atoms with E-state index in [2.05, 4.69) is 11.8 Å². The van der Waals surface area contributed by atoms with Crippen molar-refractivity contribution in [1.82, 2.24) is 0 Å². The molecule has 0 aromatic heterocycles. The van der Waals surface area contributed by atoms with Crippen molar-refractivity contribution in [2.75, 3.05) is 18.5 Å². The van der Waals surface area contributed by atoms with Crippen LogP contribution in [0, 0.1) is 0 Å². The molecule has 1 rings (SSSR count). The van der Waals surface area contributed by atoms with Crippen LogP contribution in [0.2, 0.25) is 0 Å². The highest BCUT2D eigenvalue weighted by molar-refractivity contribution is 5.75. The Bertz CT molecular complexity index is 253. The van der Waals surface area contributed by atoms with Gasteiger partial charge in [0.1, 0.15) is 6.29 Å². The van der Waals surface area contributed by atoms with Crippen LogP contribution in [0.4, 0.5) is 5.69 Å². The van der Waals surface area contributed by atoms with Crippen molar-refractivity contribution in [3.63, 3.8) is 0 Å². The minimum Gasteiger partial charge on any atom is -0.375 e. The van der Waals surface area contributed by atoms with Gasteiger partial charge in [-0.15, -0.1) is 0 Å². The molecule has 0 saturated carbocycles. The molecule has 2 nitrogen and oxygen atoms in total. The van der Waals surface area contributed by atoms with Crippen molar-refractivity contribution in [2.24, 2.45) is 0 Å². The highest BCUT2D eigenvalue weighted by Gasteiger charge is 1.96. The number of aldehydes is 1. The second-order valence-corrected chi connectivity index (χ2v) is 2.72. The molecular weight excluding hydrogens is 150 g/mol. The molecule has 0 aliphatic rings. The van der Waals surface area contributed by atoms with E-state index in [9.17, 15) is 4.79 Å². The number of nitrogens with zero attached hydrogens (tertiary/aromatic N) is 1. The number of hydrogen-bond acceptors (Lipinski definition) is 2. The van der Waals surface area contributed by atoms with Gasteiger partial charge in [-0.25, -0.2) is 0 Å². The van der Waals surface area contributed by atoms with E-state index in [0.29, 0.717) is 0 Å². The van der Waals surface area contributed by atoms with Crippen LogP contribution >= 0.6 is 0 Å². The summed E-state index contributed by atoms with van der Waals surface area (Å²) in [5.41, 5.74) is 1.87. The van der Waals surface area contributed by atoms with Crippen molar-refractivity contribution in [2.45, 2.75) is 6.92 Å². The topological polar surface area (TPSA) is 20.3 Å². The predicted molar refractivity (Wildman–Crippen MR) is 50.8 cm³/mol. The monoisotopic (exact) mass is 163 g/mol. The van der Waals surface area contributed by atoms with E-state index in [0.717, 1.165) is 24.1 Å². The fourth-order valence-corrected chi connectivity index (χ4v) is 0.990. The van der Waals surface area contributed by atoms with Crippen LogP contribution < -0.4 is 4.90 Å². The molecule has 0 N–H and O–H groups in total. The number of carbonyl (C=O) groups is 1. The number of rotatable bonds is 3. The first-order valence-corrected chi connectivity index (χ1v) is 4.04. The number of benzene rings is 1. The number of hydrogen-bond donors (Lipinski definition) is 0. The van der Waals surface area contributed by atoms with Gasteiger partial charge in [-0.2, -0.15) is 0 Å². The highest BCUT2D eigenvalue weighted by atomic mass is 16.1. The van der Waals surface area contributed by atoms with Crippen LogP contribution in [0.1, 0.15) is 17.3 Å². The van der Waals surface area contributed by atoms with Crippen molar-refractivity contribution in [3.8, 4) is 0 Å². The van der Waals surface area contributed by atoms with Gasteiger partial charge >= 0.3 is 0 Å². The van der Waals surface area contributed by atoms with Crippen LogP contribution in [0.3, 0.4) is 0 Å². The van der Waals surface area contributed by atoms with Gasteiger partial charge < -0.3 is 4.90 Å². The summed E-state index contributed by atoms with van der Waals surface area (Å²) in [7, 11) is 2.02. The third-order valence-electron chi connectivity index (χ3n) is 1.94. The van der Waals surface area contributed by atoms with Crippen LogP contribution in [-0.4, -0.2) is 19.9 Å². The Morgan fingerprint density at radius 2 is 1.92 bits per heavy atom. The first kappa shape index (κ1) is 8.78. The summed E-state index contributed by atoms with van der Waals surface area (Å²) in [5, 5.41) is 0. The molecule has 0 saturated heterocycles. The SMILES string of the molecule is CCN(C)c1ccc(C=O)cc1. The van der Waals surface area contributed by atoms with E-state index in [1.807, 2.05) is 31.3 Å². The second kappa shape index (κ2) is 3.90. The molecule has 0 atom stereocenters. The minimum absolute atomic E-state index is 0.725. The third kappa shape index (κ3) is 1.84. The van der Waals surface area contributed by atoms with Gasteiger partial charge in [0.25, 0.3) is 0 Å². The van der Waals surface area contributed by atoms with E-state index in [-0.39, 0.29) is 0 Å². The molecule has 0 bridgehead atoms. The molecule has 1 aromatic rings. The fraction of sp³-hybridized carbons (Fsp3) is 0.300. The number of carbonyl (C=O) groups excluding carboxylic acids is 1. The zero-order chi connectivity index (χ0) is 8.97. The summed E-state index contributed by atoms with van der Waals surface area (Å²) in [6.45, 7) is 3.06. The van der Waals surface area contributed by atoms with Gasteiger partial charge in [-0.05, 0) is 31.2 Å². The maximum atomic E-state index is 10.3. The quantitative estimate of drug-likeness (QED) is 0.635. The summed E-state index contributed by atoms with van der Waals surface area (Å²) in [6.07, 6.45) is 0.857. The molecular formula is C10H13NO. The molecule has 2 heteroatoms. The van der Waals surface area contributed by atoms with Gasteiger partial charge in [0.2, 0.25) is 0 Å². The fourth-order valence-electron chi connectivity index (χ4n) is 0.990. The van der Waals surface area contributed by atoms with Crippen molar-refractivity contribution >= 4 is 12.0 Å². The van der Waals surface area contributed by atoms with Gasteiger partial charge in [-0.1, -0.05) is 0 Å². The molecule has 1 aromatic carbocycles. The molecule has 0 radical (unpaired) electrons. The second-order valence-electron chi connectivity index (χ2n) is 2.72. The Kier molecular flexibility index (Phi) is 2.86.